The van der Waals surface area contributed by atoms with Gasteiger partial charge in [0.2, 0.25) is 11.9 Å². The second-order valence-electron chi connectivity index (χ2n) is 4.76. The molecule has 0 saturated heterocycles. The minimum atomic E-state index is -0.0230. The van der Waals surface area contributed by atoms with E-state index in [-0.39, 0.29) is 5.91 Å². The van der Waals surface area contributed by atoms with E-state index in [9.17, 15) is 4.79 Å². The van der Waals surface area contributed by atoms with Crippen LogP contribution in [0, 0.1) is 12.8 Å². The van der Waals surface area contributed by atoms with Gasteiger partial charge in [-0.2, -0.15) is 0 Å². The number of carbonyl (C=O) groups excluding carboxylic acids is 1. The number of nitrogens with one attached hydrogen (secondary N) is 1. The first-order chi connectivity index (χ1) is 9.06. The van der Waals surface area contributed by atoms with E-state index in [1.165, 1.54) is 0 Å². The molecular weight excluding hydrogens is 242 g/mol. The molecule has 0 fully saturated rings. The van der Waals surface area contributed by atoms with E-state index in [1.54, 1.807) is 29.4 Å². The van der Waals surface area contributed by atoms with Gasteiger partial charge in [-0.25, -0.2) is 15.0 Å². The second-order valence-corrected chi connectivity index (χ2v) is 4.76. The molecule has 6 heteroatoms. The van der Waals surface area contributed by atoms with Crippen LogP contribution in [0.2, 0.25) is 0 Å². The molecule has 1 N–H and O–H groups in total. The molecular formula is C13H17N5O. The van der Waals surface area contributed by atoms with Crippen molar-refractivity contribution in [1.82, 2.24) is 19.5 Å². The molecule has 0 aliphatic carbocycles. The summed E-state index contributed by atoms with van der Waals surface area (Å²) < 4.78 is 1.78. The maximum atomic E-state index is 11.6. The van der Waals surface area contributed by atoms with Crippen LogP contribution in [0.25, 0.3) is 5.95 Å². The fourth-order valence-electron chi connectivity index (χ4n) is 1.68. The Labute approximate surface area is 111 Å². The highest BCUT2D eigenvalue weighted by atomic mass is 16.1. The summed E-state index contributed by atoms with van der Waals surface area (Å²) in [5.41, 5.74) is 0.604. The summed E-state index contributed by atoms with van der Waals surface area (Å²) in [4.78, 5) is 24.1. The minimum Gasteiger partial charge on any atom is -0.323 e. The van der Waals surface area contributed by atoms with E-state index in [1.807, 2.05) is 20.8 Å². The van der Waals surface area contributed by atoms with Crippen molar-refractivity contribution in [3.8, 4) is 5.95 Å². The fraction of sp³-hybridized carbons (Fsp3) is 0.385. The van der Waals surface area contributed by atoms with Gasteiger partial charge in [0.1, 0.15) is 5.82 Å². The molecule has 19 heavy (non-hydrogen) atoms. The molecule has 0 unspecified atom stereocenters. The van der Waals surface area contributed by atoms with Crippen molar-refractivity contribution >= 4 is 11.6 Å². The lowest BCUT2D eigenvalue weighted by molar-refractivity contribution is -0.116. The molecule has 6 nitrogen and oxygen atoms in total. The van der Waals surface area contributed by atoms with Crippen molar-refractivity contribution in [2.24, 2.45) is 5.92 Å². The number of aromatic nitrogens is 4. The van der Waals surface area contributed by atoms with Crippen LogP contribution in [0.1, 0.15) is 26.1 Å². The first-order valence-electron chi connectivity index (χ1n) is 6.18. The SMILES string of the molecule is Cc1nccn1-c1ncc(NC(=O)CC(C)C)cn1. The van der Waals surface area contributed by atoms with E-state index in [2.05, 4.69) is 20.3 Å². The zero-order chi connectivity index (χ0) is 13.8. The van der Waals surface area contributed by atoms with Gasteiger partial charge >= 0.3 is 0 Å². The summed E-state index contributed by atoms with van der Waals surface area (Å²) in [5.74, 6) is 1.66. The lowest BCUT2D eigenvalue weighted by atomic mass is 10.1. The van der Waals surface area contributed by atoms with Crippen LogP contribution in [0.4, 0.5) is 5.69 Å². The second kappa shape index (κ2) is 5.60. The van der Waals surface area contributed by atoms with Gasteiger partial charge in [0.05, 0.1) is 18.1 Å². The average molecular weight is 259 g/mol. The number of nitrogens with zero attached hydrogens (tertiary/aromatic N) is 4. The van der Waals surface area contributed by atoms with Crippen LogP contribution in [0.3, 0.4) is 0 Å². The Hall–Kier alpha value is -2.24. The molecule has 0 radical (unpaired) electrons. The van der Waals surface area contributed by atoms with Crippen LogP contribution in [-0.2, 0) is 4.79 Å². The van der Waals surface area contributed by atoms with Gasteiger partial charge in [-0.05, 0) is 12.8 Å². The van der Waals surface area contributed by atoms with Gasteiger partial charge in [-0.15, -0.1) is 0 Å². The number of hydrogen-bond acceptors (Lipinski definition) is 4. The third-order valence-corrected chi connectivity index (χ3v) is 2.56. The van der Waals surface area contributed by atoms with Crippen LogP contribution in [0.15, 0.2) is 24.8 Å². The maximum absolute atomic E-state index is 11.6. The Morgan fingerprint density at radius 3 is 2.53 bits per heavy atom. The molecule has 2 aromatic heterocycles. The third kappa shape index (κ3) is 3.37. The molecule has 0 atom stereocenters. The lowest BCUT2D eigenvalue weighted by Crippen LogP contribution is -2.14. The predicted octanol–water partition coefficient (Wildman–Crippen LogP) is 1.96. The Morgan fingerprint density at radius 2 is 2.00 bits per heavy atom. The quantitative estimate of drug-likeness (QED) is 0.910. The van der Waals surface area contributed by atoms with Crippen molar-refractivity contribution < 1.29 is 4.79 Å². The van der Waals surface area contributed by atoms with Gasteiger partial charge in [-0.1, -0.05) is 13.8 Å². The van der Waals surface area contributed by atoms with Crippen molar-refractivity contribution in [2.75, 3.05) is 5.32 Å². The van der Waals surface area contributed by atoms with Crippen LogP contribution in [0.5, 0.6) is 0 Å². The number of amides is 1. The number of aryl methyl sites for hydroxylation is 1. The molecule has 0 aromatic carbocycles. The van der Waals surface area contributed by atoms with Gasteiger partial charge in [0.15, 0.2) is 0 Å². The zero-order valence-electron chi connectivity index (χ0n) is 11.3. The lowest BCUT2D eigenvalue weighted by Gasteiger charge is -2.07. The van der Waals surface area contributed by atoms with Crippen molar-refractivity contribution in [3.05, 3.63) is 30.6 Å². The van der Waals surface area contributed by atoms with Crippen molar-refractivity contribution in [1.29, 1.82) is 0 Å². The molecule has 100 valence electrons. The van der Waals surface area contributed by atoms with Crippen molar-refractivity contribution in [2.45, 2.75) is 27.2 Å². The molecule has 2 heterocycles. The van der Waals surface area contributed by atoms with Gasteiger partial charge in [0, 0.05) is 18.8 Å². The number of anilines is 1. The molecule has 0 aliphatic heterocycles. The van der Waals surface area contributed by atoms with Gasteiger partial charge < -0.3 is 5.32 Å². The first kappa shape index (κ1) is 13.2. The molecule has 0 aliphatic rings. The summed E-state index contributed by atoms with van der Waals surface area (Å²) >= 11 is 0. The Bertz CT molecular complexity index is 559. The molecule has 2 aromatic rings. The number of hydrogen-bond donors (Lipinski definition) is 1. The molecule has 0 bridgehead atoms. The van der Waals surface area contributed by atoms with E-state index in [0.29, 0.717) is 24.0 Å². The standard InChI is InChI=1S/C13H17N5O/c1-9(2)6-12(19)17-11-7-15-13(16-8-11)18-5-4-14-10(18)3/h4-5,7-9H,6H2,1-3H3,(H,17,19). The molecule has 2 rings (SSSR count). The Morgan fingerprint density at radius 1 is 1.32 bits per heavy atom. The highest BCUT2D eigenvalue weighted by molar-refractivity contribution is 5.90. The summed E-state index contributed by atoms with van der Waals surface area (Å²) in [6.45, 7) is 5.88. The summed E-state index contributed by atoms with van der Waals surface area (Å²) in [5, 5.41) is 2.77. The Balaban J connectivity index is 2.07. The summed E-state index contributed by atoms with van der Waals surface area (Å²) in [6.07, 6.45) is 7.17. The monoisotopic (exact) mass is 259 g/mol. The van der Waals surface area contributed by atoms with Crippen LogP contribution < -0.4 is 5.32 Å². The molecule has 0 saturated carbocycles. The van der Waals surface area contributed by atoms with E-state index < -0.39 is 0 Å². The topological polar surface area (TPSA) is 72.7 Å². The zero-order valence-corrected chi connectivity index (χ0v) is 11.3. The van der Waals surface area contributed by atoms with Crippen LogP contribution >= 0.6 is 0 Å². The molecule has 1 amide bonds. The first-order valence-corrected chi connectivity index (χ1v) is 6.18. The number of imidazole rings is 1. The Kier molecular flexibility index (Phi) is 3.89. The fourth-order valence-corrected chi connectivity index (χ4v) is 1.68. The summed E-state index contributed by atoms with van der Waals surface area (Å²) in [6, 6.07) is 0. The smallest absolute Gasteiger partial charge is 0.235 e. The van der Waals surface area contributed by atoms with Gasteiger partial charge in [0.25, 0.3) is 0 Å². The summed E-state index contributed by atoms with van der Waals surface area (Å²) in [7, 11) is 0. The van der Waals surface area contributed by atoms with E-state index in [0.717, 1.165) is 5.82 Å². The van der Waals surface area contributed by atoms with Gasteiger partial charge in [-0.3, -0.25) is 9.36 Å². The minimum absolute atomic E-state index is 0.0230. The molecule has 0 spiro atoms. The number of rotatable bonds is 4. The van der Waals surface area contributed by atoms with E-state index >= 15 is 0 Å². The predicted molar refractivity (Wildman–Crippen MR) is 72.0 cm³/mol. The van der Waals surface area contributed by atoms with Crippen LogP contribution in [-0.4, -0.2) is 25.4 Å². The largest absolute Gasteiger partial charge is 0.323 e. The highest BCUT2D eigenvalue weighted by Crippen LogP contribution is 2.09. The third-order valence-electron chi connectivity index (χ3n) is 2.56. The maximum Gasteiger partial charge on any atom is 0.235 e. The average Bonchev–Trinajstić information content (AvgIpc) is 2.75. The number of carbonyl (C=O) groups is 1. The normalized spacial score (nSPS) is 10.7. The van der Waals surface area contributed by atoms with Crippen molar-refractivity contribution in [3.63, 3.8) is 0 Å². The van der Waals surface area contributed by atoms with E-state index in [4.69, 9.17) is 0 Å². The highest BCUT2D eigenvalue weighted by Gasteiger charge is 2.07.